The number of fused-ring (bicyclic) bond motifs is 3. The Kier molecular flexibility index (Phi) is 2.86. The van der Waals surface area contributed by atoms with E-state index in [1.54, 1.807) is 0 Å². The summed E-state index contributed by atoms with van der Waals surface area (Å²) in [7, 11) is 0. The van der Waals surface area contributed by atoms with E-state index in [-0.39, 0.29) is 5.91 Å². The Morgan fingerprint density at radius 1 is 1.26 bits per heavy atom. The fourth-order valence-electron chi connectivity index (χ4n) is 4.11. The Hall–Kier alpha value is -2.30. The van der Waals surface area contributed by atoms with Crippen LogP contribution in [-0.2, 0) is 22.6 Å². The molecule has 5 heteroatoms. The Labute approximate surface area is 134 Å². The van der Waals surface area contributed by atoms with Crippen molar-refractivity contribution in [1.82, 2.24) is 9.88 Å². The first-order chi connectivity index (χ1) is 10.9. The van der Waals surface area contributed by atoms with Crippen molar-refractivity contribution in [2.75, 3.05) is 6.54 Å². The van der Waals surface area contributed by atoms with E-state index in [9.17, 15) is 14.7 Å². The standard InChI is InChI=1S/C18H20N2O3/c1-18(2)14(15(18)17(22)23)16(21)20-8-7-13-11(9-20)10-5-3-4-6-12(10)19-13/h3-6,14-15,19H,7-9H2,1-2H3,(H,22,23). The number of amides is 1. The molecular formula is C18H20N2O3. The number of carboxylic acid groups (broad SMARTS) is 1. The number of carbonyl (C=O) groups is 2. The highest BCUT2D eigenvalue weighted by Gasteiger charge is 2.66. The van der Waals surface area contributed by atoms with E-state index in [0.717, 1.165) is 17.3 Å². The summed E-state index contributed by atoms with van der Waals surface area (Å²) in [5.74, 6) is -1.83. The Bertz CT molecular complexity index is 821. The van der Waals surface area contributed by atoms with Gasteiger partial charge in [0.25, 0.3) is 0 Å². The number of benzene rings is 1. The lowest BCUT2D eigenvalue weighted by Gasteiger charge is -2.28. The molecule has 2 N–H and O–H groups in total. The molecule has 2 aliphatic rings. The summed E-state index contributed by atoms with van der Waals surface area (Å²) in [6.07, 6.45) is 0.792. The van der Waals surface area contributed by atoms with Crippen LogP contribution in [0.15, 0.2) is 24.3 Å². The number of aromatic amines is 1. The monoisotopic (exact) mass is 312 g/mol. The molecule has 2 heterocycles. The second-order valence-corrected chi connectivity index (χ2v) is 7.25. The van der Waals surface area contributed by atoms with Crippen LogP contribution in [-0.4, -0.2) is 33.4 Å². The maximum absolute atomic E-state index is 12.8. The molecule has 1 amide bonds. The average molecular weight is 312 g/mol. The molecule has 0 bridgehead atoms. The minimum Gasteiger partial charge on any atom is -0.481 e. The predicted molar refractivity (Wildman–Crippen MR) is 85.8 cm³/mol. The number of nitrogens with zero attached hydrogens (tertiary/aromatic N) is 1. The van der Waals surface area contributed by atoms with E-state index in [1.807, 2.05) is 36.9 Å². The molecule has 1 fully saturated rings. The third-order valence-corrected chi connectivity index (χ3v) is 5.55. The summed E-state index contributed by atoms with van der Waals surface area (Å²) in [6.45, 7) is 4.96. The third kappa shape index (κ3) is 1.99. The smallest absolute Gasteiger partial charge is 0.307 e. The zero-order chi connectivity index (χ0) is 16.4. The second-order valence-electron chi connectivity index (χ2n) is 7.25. The highest BCUT2D eigenvalue weighted by Crippen LogP contribution is 2.59. The number of hydrogen-bond acceptors (Lipinski definition) is 2. The summed E-state index contributed by atoms with van der Waals surface area (Å²) in [6, 6.07) is 8.11. The maximum Gasteiger partial charge on any atom is 0.307 e. The lowest BCUT2D eigenvalue weighted by Crippen LogP contribution is -2.37. The van der Waals surface area contributed by atoms with Crippen molar-refractivity contribution >= 4 is 22.8 Å². The van der Waals surface area contributed by atoms with Crippen molar-refractivity contribution in [3.8, 4) is 0 Å². The van der Waals surface area contributed by atoms with Crippen molar-refractivity contribution < 1.29 is 14.7 Å². The van der Waals surface area contributed by atoms with Gasteiger partial charge in [0.15, 0.2) is 0 Å². The van der Waals surface area contributed by atoms with Crippen LogP contribution >= 0.6 is 0 Å². The largest absolute Gasteiger partial charge is 0.481 e. The summed E-state index contributed by atoms with van der Waals surface area (Å²) in [4.78, 5) is 29.4. The number of carboxylic acids is 1. The maximum atomic E-state index is 12.8. The minimum atomic E-state index is -0.863. The van der Waals surface area contributed by atoms with Gasteiger partial charge in [-0.15, -0.1) is 0 Å². The highest BCUT2D eigenvalue weighted by molar-refractivity contribution is 5.92. The van der Waals surface area contributed by atoms with E-state index >= 15 is 0 Å². The highest BCUT2D eigenvalue weighted by atomic mass is 16.4. The number of rotatable bonds is 2. The van der Waals surface area contributed by atoms with Crippen molar-refractivity contribution in [1.29, 1.82) is 0 Å². The Morgan fingerprint density at radius 2 is 2.00 bits per heavy atom. The molecule has 1 aliphatic carbocycles. The number of H-pyrrole nitrogens is 1. The summed E-state index contributed by atoms with van der Waals surface area (Å²) >= 11 is 0. The molecule has 2 aromatic rings. The molecule has 1 aliphatic heterocycles. The van der Waals surface area contributed by atoms with Gasteiger partial charge < -0.3 is 15.0 Å². The van der Waals surface area contributed by atoms with E-state index in [2.05, 4.69) is 11.1 Å². The number of aromatic nitrogens is 1. The van der Waals surface area contributed by atoms with Crippen LogP contribution in [0.2, 0.25) is 0 Å². The van der Waals surface area contributed by atoms with Crippen molar-refractivity contribution in [2.45, 2.75) is 26.8 Å². The predicted octanol–water partition coefficient (Wildman–Crippen LogP) is 2.41. The molecule has 5 nitrogen and oxygen atoms in total. The van der Waals surface area contributed by atoms with Gasteiger partial charge in [0.1, 0.15) is 0 Å². The zero-order valence-corrected chi connectivity index (χ0v) is 13.3. The SMILES string of the molecule is CC1(C)C(C(=O)O)C1C(=O)N1CCc2[nH]c3ccccc3c2C1. The van der Waals surface area contributed by atoms with Crippen LogP contribution in [0.1, 0.15) is 25.1 Å². The number of hydrogen-bond donors (Lipinski definition) is 2. The third-order valence-electron chi connectivity index (χ3n) is 5.55. The van der Waals surface area contributed by atoms with Crippen molar-refractivity contribution in [3.63, 3.8) is 0 Å². The van der Waals surface area contributed by atoms with Gasteiger partial charge in [-0.1, -0.05) is 32.0 Å². The van der Waals surface area contributed by atoms with Crippen LogP contribution in [0.25, 0.3) is 10.9 Å². The molecule has 0 radical (unpaired) electrons. The molecule has 23 heavy (non-hydrogen) atoms. The number of carbonyl (C=O) groups excluding carboxylic acids is 1. The molecule has 120 valence electrons. The quantitative estimate of drug-likeness (QED) is 0.894. The fraction of sp³-hybridized carbons (Fsp3) is 0.444. The van der Waals surface area contributed by atoms with Gasteiger partial charge in [-0.3, -0.25) is 9.59 Å². The van der Waals surface area contributed by atoms with Gasteiger partial charge in [0, 0.05) is 41.7 Å². The van der Waals surface area contributed by atoms with Crippen LogP contribution in [0.3, 0.4) is 0 Å². The first-order valence-corrected chi connectivity index (χ1v) is 8.01. The van der Waals surface area contributed by atoms with E-state index in [4.69, 9.17) is 0 Å². The lowest BCUT2D eigenvalue weighted by molar-refractivity contribution is -0.142. The van der Waals surface area contributed by atoms with Gasteiger partial charge in [-0.25, -0.2) is 0 Å². The Balaban J connectivity index is 1.61. The normalized spacial score (nSPS) is 25.2. The fourth-order valence-corrected chi connectivity index (χ4v) is 4.11. The number of para-hydroxylation sites is 1. The molecule has 0 spiro atoms. The van der Waals surface area contributed by atoms with Crippen molar-refractivity contribution in [2.24, 2.45) is 17.3 Å². The summed E-state index contributed by atoms with van der Waals surface area (Å²) in [5, 5.41) is 10.5. The first kappa shape index (κ1) is 14.3. The van der Waals surface area contributed by atoms with Gasteiger partial charge in [-0.05, 0) is 11.5 Å². The molecule has 0 saturated heterocycles. The Morgan fingerprint density at radius 3 is 2.70 bits per heavy atom. The van der Waals surface area contributed by atoms with Crippen LogP contribution in [0.4, 0.5) is 0 Å². The molecule has 1 saturated carbocycles. The van der Waals surface area contributed by atoms with E-state index < -0.39 is 23.2 Å². The molecule has 2 atom stereocenters. The van der Waals surface area contributed by atoms with Crippen LogP contribution < -0.4 is 0 Å². The van der Waals surface area contributed by atoms with Crippen LogP contribution in [0.5, 0.6) is 0 Å². The van der Waals surface area contributed by atoms with E-state index in [0.29, 0.717) is 13.1 Å². The number of aliphatic carboxylic acids is 1. The van der Waals surface area contributed by atoms with Gasteiger partial charge in [-0.2, -0.15) is 0 Å². The minimum absolute atomic E-state index is 0.0154. The van der Waals surface area contributed by atoms with Gasteiger partial charge in [0.2, 0.25) is 5.91 Å². The summed E-state index contributed by atoms with van der Waals surface area (Å²) in [5.41, 5.74) is 3.02. The van der Waals surface area contributed by atoms with Gasteiger partial charge >= 0.3 is 5.97 Å². The zero-order valence-electron chi connectivity index (χ0n) is 13.3. The molecule has 1 aromatic heterocycles. The molecule has 2 unspecified atom stereocenters. The molecule has 1 aromatic carbocycles. The van der Waals surface area contributed by atoms with Crippen LogP contribution in [0, 0.1) is 17.3 Å². The van der Waals surface area contributed by atoms with Gasteiger partial charge in [0.05, 0.1) is 11.8 Å². The topological polar surface area (TPSA) is 73.4 Å². The average Bonchev–Trinajstić information content (AvgIpc) is 2.93. The first-order valence-electron chi connectivity index (χ1n) is 8.01. The van der Waals surface area contributed by atoms with E-state index in [1.165, 1.54) is 11.3 Å². The second kappa shape index (κ2) is 4.60. The number of nitrogens with one attached hydrogen (secondary N) is 1. The molecule has 4 rings (SSSR count). The molecular weight excluding hydrogens is 292 g/mol. The lowest BCUT2D eigenvalue weighted by atomic mass is 10.0. The van der Waals surface area contributed by atoms with Crippen molar-refractivity contribution in [3.05, 3.63) is 35.5 Å². The summed E-state index contributed by atoms with van der Waals surface area (Å²) < 4.78 is 0.